The van der Waals surface area contributed by atoms with Gasteiger partial charge < -0.3 is 5.32 Å². The first-order chi connectivity index (χ1) is 7.47. The van der Waals surface area contributed by atoms with Crippen LogP contribution in [0.25, 0.3) is 0 Å². The van der Waals surface area contributed by atoms with Crippen LogP contribution in [0.3, 0.4) is 0 Å². The topological polar surface area (TPSA) is 12.0 Å². The number of benzene rings is 1. The molecular formula is C15H25N. The van der Waals surface area contributed by atoms with E-state index in [2.05, 4.69) is 65.2 Å². The highest BCUT2D eigenvalue weighted by Crippen LogP contribution is 2.29. The van der Waals surface area contributed by atoms with Crippen molar-refractivity contribution in [2.24, 2.45) is 11.8 Å². The molecule has 0 amide bonds. The van der Waals surface area contributed by atoms with Crippen molar-refractivity contribution < 1.29 is 0 Å². The maximum Gasteiger partial charge on any atom is 0.0348 e. The van der Waals surface area contributed by atoms with Gasteiger partial charge in [-0.2, -0.15) is 0 Å². The monoisotopic (exact) mass is 219 g/mol. The molecule has 0 saturated heterocycles. The Hall–Kier alpha value is -0.820. The first-order valence-electron chi connectivity index (χ1n) is 6.21. The minimum absolute atomic E-state index is 0.458. The molecule has 1 N–H and O–H groups in total. The standard InChI is InChI=1S/C15H25N/c1-10(2)13(5)15(16-6)14-9-11(3)7-8-12(14)4/h7-10,13,15-16H,1-6H3. The molecule has 16 heavy (non-hydrogen) atoms. The lowest BCUT2D eigenvalue weighted by atomic mass is 9.84. The van der Waals surface area contributed by atoms with Gasteiger partial charge >= 0.3 is 0 Å². The van der Waals surface area contributed by atoms with Crippen LogP contribution in [0.1, 0.15) is 43.5 Å². The molecule has 0 heterocycles. The molecule has 2 unspecified atom stereocenters. The van der Waals surface area contributed by atoms with E-state index < -0.39 is 0 Å². The number of hydrogen-bond acceptors (Lipinski definition) is 1. The zero-order chi connectivity index (χ0) is 12.3. The molecule has 0 aromatic heterocycles. The summed E-state index contributed by atoms with van der Waals surface area (Å²) in [5, 5.41) is 3.47. The number of aryl methyl sites for hydroxylation is 2. The van der Waals surface area contributed by atoms with Crippen LogP contribution in [0.15, 0.2) is 18.2 Å². The smallest absolute Gasteiger partial charge is 0.0348 e. The molecule has 0 aliphatic carbocycles. The first kappa shape index (κ1) is 13.2. The van der Waals surface area contributed by atoms with Gasteiger partial charge in [0.15, 0.2) is 0 Å². The van der Waals surface area contributed by atoms with Crippen molar-refractivity contribution in [3.8, 4) is 0 Å². The van der Waals surface area contributed by atoms with Crippen LogP contribution in [0.4, 0.5) is 0 Å². The second-order valence-corrected chi connectivity index (χ2v) is 5.23. The molecule has 1 aromatic rings. The van der Waals surface area contributed by atoms with E-state index in [1.807, 2.05) is 0 Å². The molecule has 0 aliphatic rings. The predicted octanol–water partition coefficient (Wildman–Crippen LogP) is 3.86. The Morgan fingerprint density at radius 2 is 1.69 bits per heavy atom. The van der Waals surface area contributed by atoms with Gasteiger partial charge in [-0.25, -0.2) is 0 Å². The van der Waals surface area contributed by atoms with E-state index in [9.17, 15) is 0 Å². The second kappa shape index (κ2) is 5.49. The summed E-state index contributed by atoms with van der Waals surface area (Å²) in [4.78, 5) is 0. The van der Waals surface area contributed by atoms with Crippen LogP contribution < -0.4 is 5.32 Å². The van der Waals surface area contributed by atoms with Gasteiger partial charge in [0.2, 0.25) is 0 Å². The Bertz CT molecular complexity index is 341. The molecule has 0 bridgehead atoms. The van der Waals surface area contributed by atoms with E-state index in [-0.39, 0.29) is 0 Å². The maximum atomic E-state index is 3.47. The molecule has 2 atom stereocenters. The average Bonchev–Trinajstić information content (AvgIpc) is 2.23. The van der Waals surface area contributed by atoms with Crippen molar-refractivity contribution in [3.05, 3.63) is 34.9 Å². The predicted molar refractivity (Wildman–Crippen MR) is 71.7 cm³/mol. The van der Waals surface area contributed by atoms with Crippen LogP contribution in [0, 0.1) is 25.7 Å². The van der Waals surface area contributed by atoms with Gasteiger partial charge in [-0.1, -0.05) is 44.5 Å². The molecule has 90 valence electrons. The van der Waals surface area contributed by atoms with E-state index >= 15 is 0 Å². The zero-order valence-corrected chi connectivity index (χ0v) is 11.5. The molecule has 1 nitrogen and oxygen atoms in total. The largest absolute Gasteiger partial charge is 0.313 e. The fraction of sp³-hybridized carbons (Fsp3) is 0.600. The third kappa shape index (κ3) is 2.85. The molecule has 0 spiro atoms. The molecule has 1 rings (SSSR count). The van der Waals surface area contributed by atoms with Crippen molar-refractivity contribution >= 4 is 0 Å². The minimum atomic E-state index is 0.458. The Morgan fingerprint density at radius 1 is 1.06 bits per heavy atom. The first-order valence-corrected chi connectivity index (χ1v) is 6.21. The summed E-state index contributed by atoms with van der Waals surface area (Å²) in [6, 6.07) is 7.18. The van der Waals surface area contributed by atoms with Crippen LogP contribution in [-0.2, 0) is 0 Å². The van der Waals surface area contributed by atoms with E-state index in [1.54, 1.807) is 0 Å². The summed E-state index contributed by atoms with van der Waals surface area (Å²) in [5.41, 5.74) is 4.18. The second-order valence-electron chi connectivity index (χ2n) is 5.23. The fourth-order valence-corrected chi connectivity index (χ4v) is 2.18. The summed E-state index contributed by atoms with van der Waals surface area (Å²) >= 11 is 0. The third-order valence-electron chi connectivity index (χ3n) is 3.66. The molecular weight excluding hydrogens is 194 g/mol. The Balaban J connectivity index is 3.07. The van der Waals surface area contributed by atoms with Crippen molar-refractivity contribution in [1.82, 2.24) is 5.32 Å². The molecule has 1 aromatic carbocycles. The van der Waals surface area contributed by atoms with Crippen molar-refractivity contribution in [2.75, 3.05) is 7.05 Å². The van der Waals surface area contributed by atoms with Crippen LogP contribution >= 0.6 is 0 Å². The van der Waals surface area contributed by atoms with Gasteiger partial charge in [0.1, 0.15) is 0 Å². The van der Waals surface area contributed by atoms with Gasteiger partial charge in [-0.05, 0) is 43.9 Å². The number of hydrogen-bond donors (Lipinski definition) is 1. The highest BCUT2D eigenvalue weighted by molar-refractivity contribution is 5.33. The number of rotatable bonds is 4. The fourth-order valence-electron chi connectivity index (χ4n) is 2.18. The molecule has 0 saturated carbocycles. The summed E-state index contributed by atoms with van der Waals surface area (Å²) in [6.45, 7) is 11.3. The van der Waals surface area contributed by atoms with E-state index in [0.29, 0.717) is 17.9 Å². The Morgan fingerprint density at radius 3 is 2.19 bits per heavy atom. The maximum absolute atomic E-state index is 3.47. The average molecular weight is 219 g/mol. The molecule has 0 radical (unpaired) electrons. The van der Waals surface area contributed by atoms with Crippen LogP contribution in [0.5, 0.6) is 0 Å². The van der Waals surface area contributed by atoms with Gasteiger partial charge in [0.25, 0.3) is 0 Å². The summed E-state index contributed by atoms with van der Waals surface area (Å²) < 4.78 is 0. The summed E-state index contributed by atoms with van der Waals surface area (Å²) in [5.74, 6) is 1.34. The summed E-state index contributed by atoms with van der Waals surface area (Å²) in [7, 11) is 2.06. The van der Waals surface area contributed by atoms with Gasteiger partial charge in [0.05, 0.1) is 0 Å². The van der Waals surface area contributed by atoms with Crippen molar-refractivity contribution in [2.45, 2.75) is 40.7 Å². The Labute approximate surface area is 100 Å². The van der Waals surface area contributed by atoms with Crippen LogP contribution in [0.2, 0.25) is 0 Å². The van der Waals surface area contributed by atoms with Gasteiger partial charge in [-0.3, -0.25) is 0 Å². The zero-order valence-electron chi connectivity index (χ0n) is 11.5. The molecule has 0 fully saturated rings. The normalized spacial score (nSPS) is 15.2. The molecule has 1 heteroatoms. The van der Waals surface area contributed by atoms with Crippen molar-refractivity contribution in [3.63, 3.8) is 0 Å². The summed E-state index contributed by atoms with van der Waals surface area (Å²) in [6.07, 6.45) is 0. The van der Waals surface area contributed by atoms with Crippen molar-refractivity contribution in [1.29, 1.82) is 0 Å². The Kier molecular flexibility index (Phi) is 4.55. The third-order valence-corrected chi connectivity index (χ3v) is 3.66. The van der Waals surface area contributed by atoms with E-state index in [4.69, 9.17) is 0 Å². The molecule has 0 aliphatic heterocycles. The number of nitrogens with one attached hydrogen (secondary N) is 1. The van der Waals surface area contributed by atoms with Crippen LogP contribution in [-0.4, -0.2) is 7.05 Å². The lowest BCUT2D eigenvalue weighted by molar-refractivity contribution is 0.316. The highest BCUT2D eigenvalue weighted by Gasteiger charge is 2.21. The quantitative estimate of drug-likeness (QED) is 0.811. The van der Waals surface area contributed by atoms with E-state index in [1.165, 1.54) is 16.7 Å². The van der Waals surface area contributed by atoms with E-state index in [0.717, 1.165) is 0 Å². The highest BCUT2D eigenvalue weighted by atomic mass is 14.9. The lowest BCUT2D eigenvalue weighted by Gasteiger charge is -2.28. The lowest BCUT2D eigenvalue weighted by Crippen LogP contribution is -2.27. The van der Waals surface area contributed by atoms with Gasteiger partial charge in [-0.15, -0.1) is 0 Å². The minimum Gasteiger partial charge on any atom is -0.313 e. The SMILES string of the molecule is CNC(c1cc(C)ccc1C)C(C)C(C)C. The van der Waals surface area contributed by atoms with Gasteiger partial charge in [0, 0.05) is 6.04 Å².